The highest BCUT2D eigenvalue weighted by Gasteiger charge is 2.15. The smallest absolute Gasteiger partial charge is 0.318 e. The second-order valence-electron chi connectivity index (χ2n) is 3.29. The lowest BCUT2D eigenvalue weighted by molar-refractivity contribution is 0.193. The molecule has 1 N–H and O–H groups in total. The molecule has 3 nitrogen and oxygen atoms in total. The maximum absolute atomic E-state index is 11.4. The molecule has 0 spiro atoms. The molecule has 0 saturated heterocycles. The van der Waals surface area contributed by atoms with Crippen molar-refractivity contribution in [3.63, 3.8) is 0 Å². The quantitative estimate of drug-likeness (QED) is 0.481. The van der Waals surface area contributed by atoms with E-state index in [2.05, 4.69) is 27.9 Å². The lowest BCUT2D eigenvalue weighted by Gasteiger charge is -2.25. The summed E-state index contributed by atoms with van der Waals surface area (Å²) in [6.45, 7) is 7.95. The Labute approximate surface area is 88.0 Å². The van der Waals surface area contributed by atoms with Crippen molar-refractivity contribution in [3.8, 4) is 0 Å². The maximum Gasteiger partial charge on any atom is 0.318 e. The third-order valence-corrected chi connectivity index (χ3v) is 2.16. The first-order valence-corrected chi connectivity index (χ1v) is 5.64. The van der Waals surface area contributed by atoms with Crippen LogP contribution in [-0.2, 0) is 0 Å². The Kier molecular flexibility index (Phi) is 5.61. The van der Waals surface area contributed by atoms with Crippen molar-refractivity contribution in [1.82, 2.24) is 10.2 Å². The largest absolute Gasteiger partial charge is 0.336 e. The number of rotatable bonds is 3. The van der Waals surface area contributed by atoms with E-state index >= 15 is 0 Å². The van der Waals surface area contributed by atoms with Crippen LogP contribution >= 0.6 is 22.6 Å². The average Bonchev–Trinajstić information content (AvgIpc) is 1.85. The van der Waals surface area contributed by atoms with Gasteiger partial charge in [0.1, 0.15) is 0 Å². The summed E-state index contributed by atoms with van der Waals surface area (Å²) < 4.78 is 0.730. The first kappa shape index (κ1) is 12.0. The van der Waals surface area contributed by atoms with Crippen LogP contribution in [0, 0.1) is 0 Å². The van der Waals surface area contributed by atoms with Gasteiger partial charge in [-0.15, -0.1) is 0 Å². The van der Waals surface area contributed by atoms with Gasteiger partial charge >= 0.3 is 6.03 Å². The number of amides is 2. The van der Waals surface area contributed by atoms with E-state index in [1.165, 1.54) is 0 Å². The van der Waals surface area contributed by atoms with Crippen LogP contribution in [0.3, 0.4) is 0 Å². The first-order valence-electron chi connectivity index (χ1n) is 4.12. The molecule has 12 heavy (non-hydrogen) atoms. The summed E-state index contributed by atoms with van der Waals surface area (Å²) in [6, 6.07) is 0.497. The molecule has 0 unspecified atom stereocenters. The highest BCUT2D eigenvalue weighted by atomic mass is 127. The number of hydrogen-bond acceptors (Lipinski definition) is 1. The second-order valence-corrected chi connectivity index (χ2v) is 3.97. The lowest BCUT2D eigenvalue weighted by Crippen LogP contribution is -2.45. The van der Waals surface area contributed by atoms with E-state index in [1.807, 2.05) is 27.7 Å². The fourth-order valence-corrected chi connectivity index (χ4v) is 1.85. The van der Waals surface area contributed by atoms with E-state index in [0.29, 0.717) is 0 Å². The van der Waals surface area contributed by atoms with Gasteiger partial charge in [-0.1, -0.05) is 22.6 Å². The fourth-order valence-electron chi connectivity index (χ4n) is 0.757. The van der Waals surface area contributed by atoms with Gasteiger partial charge in [0.15, 0.2) is 0 Å². The Morgan fingerprint density at radius 3 is 2.17 bits per heavy atom. The number of carbonyl (C=O) groups excluding carboxylic acids is 1. The van der Waals surface area contributed by atoms with Crippen LogP contribution in [0.4, 0.5) is 4.79 Å². The van der Waals surface area contributed by atoms with Gasteiger partial charge in [-0.25, -0.2) is 4.79 Å². The monoisotopic (exact) mass is 284 g/mol. The van der Waals surface area contributed by atoms with Gasteiger partial charge in [0, 0.05) is 12.1 Å². The van der Waals surface area contributed by atoms with Gasteiger partial charge in [0.05, 0.1) is 4.55 Å². The Morgan fingerprint density at radius 1 is 1.42 bits per heavy atom. The Balaban J connectivity index is 4.04. The molecule has 0 aliphatic heterocycles. The first-order chi connectivity index (χ1) is 5.49. The van der Waals surface area contributed by atoms with Gasteiger partial charge in [0.25, 0.3) is 0 Å². The molecule has 0 aromatic heterocycles. The Bertz CT molecular complexity index is 148. The highest BCUT2D eigenvalue weighted by molar-refractivity contribution is 14.1. The van der Waals surface area contributed by atoms with Crippen molar-refractivity contribution in [1.29, 1.82) is 0 Å². The van der Waals surface area contributed by atoms with Gasteiger partial charge < -0.3 is 10.2 Å². The molecular formula is C8H17IN2O. The van der Waals surface area contributed by atoms with Crippen LogP contribution in [0.2, 0.25) is 0 Å². The standard InChI is InChI=1S/C8H17IN2O/c1-6(2)10-8(12)11(5-9)7(3)4/h6-7H,5H2,1-4H3,(H,10,12). The lowest BCUT2D eigenvalue weighted by atomic mass is 10.3. The average molecular weight is 284 g/mol. The number of alkyl halides is 1. The number of nitrogens with zero attached hydrogens (tertiary/aromatic N) is 1. The number of nitrogens with one attached hydrogen (secondary N) is 1. The predicted octanol–water partition coefficient (Wildman–Crippen LogP) is 2.21. The van der Waals surface area contributed by atoms with Crippen LogP contribution in [0.25, 0.3) is 0 Å². The van der Waals surface area contributed by atoms with Crippen molar-refractivity contribution in [3.05, 3.63) is 0 Å². The van der Waals surface area contributed by atoms with E-state index in [1.54, 1.807) is 4.90 Å². The molecule has 0 aromatic rings. The molecule has 4 heteroatoms. The molecule has 0 aromatic carbocycles. The molecule has 0 saturated carbocycles. The SMILES string of the molecule is CC(C)NC(=O)N(CI)C(C)C. The molecule has 0 atom stereocenters. The van der Waals surface area contributed by atoms with Crippen molar-refractivity contribution < 1.29 is 4.79 Å². The van der Waals surface area contributed by atoms with Crippen LogP contribution in [0.1, 0.15) is 27.7 Å². The highest BCUT2D eigenvalue weighted by Crippen LogP contribution is 2.02. The third-order valence-electron chi connectivity index (χ3n) is 1.43. The maximum atomic E-state index is 11.4. The molecular weight excluding hydrogens is 267 g/mol. The number of urea groups is 1. The summed E-state index contributed by atoms with van der Waals surface area (Å²) in [5.41, 5.74) is 0. The van der Waals surface area contributed by atoms with E-state index in [4.69, 9.17) is 0 Å². The minimum atomic E-state index is 0.0226. The normalized spacial score (nSPS) is 10.6. The summed E-state index contributed by atoms with van der Waals surface area (Å²) in [7, 11) is 0. The zero-order valence-corrected chi connectivity index (χ0v) is 10.3. The second kappa shape index (κ2) is 5.61. The Morgan fingerprint density at radius 2 is 1.92 bits per heavy atom. The minimum absolute atomic E-state index is 0.0226. The van der Waals surface area contributed by atoms with E-state index < -0.39 is 0 Å². The van der Waals surface area contributed by atoms with Gasteiger partial charge in [-0.05, 0) is 27.7 Å². The van der Waals surface area contributed by atoms with E-state index in [0.717, 1.165) is 4.55 Å². The molecule has 0 aliphatic rings. The van der Waals surface area contributed by atoms with E-state index in [9.17, 15) is 4.79 Å². The zero-order valence-electron chi connectivity index (χ0n) is 8.10. The molecule has 2 amide bonds. The molecule has 0 bridgehead atoms. The van der Waals surface area contributed by atoms with Crippen molar-refractivity contribution >= 4 is 28.6 Å². The van der Waals surface area contributed by atoms with Crippen LogP contribution in [0.5, 0.6) is 0 Å². The predicted molar refractivity (Wildman–Crippen MR) is 59.5 cm³/mol. The molecule has 0 aliphatic carbocycles. The molecule has 72 valence electrons. The van der Waals surface area contributed by atoms with Gasteiger partial charge in [0.2, 0.25) is 0 Å². The molecule has 0 radical (unpaired) electrons. The van der Waals surface area contributed by atoms with Crippen molar-refractivity contribution in [2.24, 2.45) is 0 Å². The number of hydrogen-bond donors (Lipinski definition) is 1. The molecule has 0 fully saturated rings. The summed E-state index contributed by atoms with van der Waals surface area (Å²) in [5.74, 6) is 0. The van der Waals surface area contributed by atoms with Crippen molar-refractivity contribution in [2.45, 2.75) is 39.8 Å². The van der Waals surface area contributed by atoms with Crippen LogP contribution < -0.4 is 5.32 Å². The number of carbonyl (C=O) groups is 1. The molecule has 0 heterocycles. The third kappa shape index (κ3) is 4.13. The van der Waals surface area contributed by atoms with Crippen molar-refractivity contribution in [2.75, 3.05) is 4.55 Å². The fraction of sp³-hybridized carbons (Fsp3) is 0.875. The Hall–Kier alpha value is 0. The summed E-state index contributed by atoms with van der Waals surface area (Å²) in [5, 5.41) is 2.86. The number of halogens is 1. The van der Waals surface area contributed by atoms with Gasteiger partial charge in [-0.3, -0.25) is 0 Å². The minimum Gasteiger partial charge on any atom is -0.336 e. The summed E-state index contributed by atoms with van der Waals surface area (Å²) in [6.07, 6.45) is 0. The topological polar surface area (TPSA) is 32.3 Å². The molecule has 0 rings (SSSR count). The van der Waals surface area contributed by atoms with Crippen LogP contribution in [0.15, 0.2) is 0 Å². The summed E-state index contributed by atoms with van der Waals surface area (Å²) >= 11 is 2.19. The van der Waals surface area contributed by atoms with Crippen LogP contribution in [-0.4, -0.2) is 27.6 Å². The summed E-state index contributed by atoms with van der Waals surface area (Å²) in [4.78, 5) is 13.2. The van der Waals surface area contributed by atoms with Gasteiger partial charge in [-0.2, -0.15) is 0 Å². The zero-order chi connectivity index (χ0) is 9.72. The van der Waals surface area contributed by atoms with E-state index in [-0.39, 0.29) is 18.1 Å².